The second kappa shape index (κ2) is 12.3. The average Bonchev–Trinajstić information content (AvgIpc) is 3.35. The van der Waals surface area contributed by atoms with Crippen molar-refractivity contribution in [2.75, 3.05) is 37.5 Å². The van der Waals surface area contributed by atoms with Crippen LogP contribution < -0.4 is 25.4 Å². The minimum Gasteiger partial charge on any atom is -0.493 e. The van der Waals surface area contributed by atoms with E-state index in [4.69, 9.17) is 14.2 Å². The van der Waals surface area contributed by atoms with Crippen molar-refractivity contribution in [1.29, 1.82) is 0 Å². The van der Waals surface area contributed by atoms with Crippen molar-refractivity contribution in [3.8, 4) is 11.5 Å². The van der Waals surface area contributed by atoms with E-state index in [0.29, 0.717) is 36.0 Å². The highest BCUT2D eigenvalue weighted by molar-refractivity contribution is 6.02. The fraction of sp³-hybridized carbons (Fsp3) is 0.280. The minimum atomic E-state index is -0.290. The van der Waals surface area contributed by atoms with Gasteiger partial charge in [0.05, 0.1) is 13.2 Å². The summed E-state index contributed by atoms with van der Waals surface area (Å²) in [6, 6.07) is 12.0. The van der Waals surface area contributed by atoms with Crippen LogP contribution in [0, 0.1) is 0 Å². The van der Waals surface area contributed by atoms with Gasteiger partial charge in [-0.1, -0.05) is 18.7 Å². The van der Waals surface area contributed by atoms with E-state index in [2.05, 4.69) is 22.5 Å². The molecule has 3 rings (SSSR count). The van der Waals surface area contributed by atoms with Gasteiger partial charge in [0.2, 0.25) is 5.91 Å². The molecule has 1 aliphatic heterocycles. The summed E-state index contributed by atoms with van der Waals surface area (Å²) in [6.45, 7) is 5.24. The van der Waals surface area contributed by atoms with Gasteiger partial charge in [-0.25, -0.2) is 4.79 Å². The number of urea groups is 1. The predicted octanol–water partition coefficient (Wildman–Crippen LogP) is 4.21. The summed E-state index contributed by atoms with van der Waals surface area (Å²) in [4.78, 5) is 24.3. The predicted molar refractivity (Wildman–Crippen MR) is 129 cm³/mol. The zero-order valence-corrected chi connectivity index (χ0v) is 18.6. The molecule has 2 aromatic carbocycles. The quantitative estimate of drug-likeness (QED) is 0.371. The van der Waals surface area contributed by atoms with Crippen molar-refractivity contribution in [1.82, 2.24) is 5.32 Å². The Hall–Kier alpha value is -3.78. The maximum atomic E-state index is 12.3. The highest BCUT2D eigenvalue weighted by Crippen LogP contribution is 2.28. The largest absolute Gasteiger partial charge is 0.493 e. The maximum absolute atomic E-state index is 12.3. The van der Waals surface area contributed by atoms with Gasteiger partial charge in [0.15, 0.2) is 11.5 Å². The van der Waals surface area contributed by atoms with E-state index in [1.807, 2.05) is 6.07 Å². The van der Waals surface area contributed by atoms with Crippen LogP contribution in [0.2, 0.25) is 0 Å². The van der Waals surface area contributed by atoms with E-state index in [-0.39, 0.29) is 18.0 Å². The van der Waals surface area contributed by atoms with Gasteiger partial charge < -0.3 is 30.2 Å². The molecule has 0 radical (unpaired) electrons. The average molecular weight is 452 g/mol. The number of carbonyl (C=O) groups excluding carboxylic acids is 2. The number of amides is 3. The molecular formula is C25H29N3O5. The fourth-order valence-corrected chi connectivity index (χ4v) is 3.24. The van der Waals surface area contributed by atoms with Crippen molar-refractivity contribution in [3.05, 3.63) is 66.8 Å². The number of rotatable bonds is 10. The highest BCUT2D eigenvalue weighted by atomic mass is 16.5. The molecule has 1 aliphatic rings. The Morgan fingerprint density at radius 1 is 1.12 bits per heavy atom. The van der Waals surface area contributed by atoms with Crippen molar-refractivity contribution >= 4 is 29.4 Å². The van der Waals surface area contributed by atoms with Gasteiger partial charge in [-0.05, 0) is 60.9 Å². The van der Waals surface area contributed by atoms with Gasteiger partial charge in [0, 0.05) is 30.6 Å². The summed E-state index contributed by atoms with van der Waals surface area (Å²) in [7, 11) is 1.56. The molecule has 8 heteroatoms. The Labute approximate surface area is 193 Å². The zero-order valence-electron chi connectivity index (χ0n) is 18.6. The molecule has 3 N–H and O–H groups in total. The lowest BCUT2D eigenvalue weighted by molar-refractivity contribution is -0.111. The topological polar surface area (TPSA) is 97.9 Å². The number of ether oxygens (including phenoxy) is 3. The first-order valence-corrected chi connectivity index (χ1v) is 10.7. The van der Waals surface area contributed by atoms with Crippen LogP contribution in [0.1, 0.15) is 18.4 Å². The molecule has 174 valence electrons. The van der Waals surface area contributed by atoms with E-state index in [1.54, 1.807) is 55.7 Å². The summed E-state index contributed by atoms with van der Waals surface area (Å²) in [5, 5.41) is 8.35. The van der Waals surface area contributed by atoms with Gasteiger partial charge in [0.25, 0.3) is 0 Å². The van der Waals surface area contributed by atoms with Crippen LogP contribution in [-0.4, -0.2) is 44.9 Å². The number of hydrogen-bond donors (Lipinski definition) is 3. The van der Waals surface area contributed by atoms with Crippen LogP contribution in [0.15, 0.2) is 61.2 Å². The van der Waals surface area contributed by atoms with Gasteiger partial charge >= 0.3 is 6.03 Å². The lowest BCUT2D eigenvalue weighted by Crippen LogP contribution is -2.35. The van der Waals surface area contributed by atoms with Crippen LogP contribution in [0.25, 0.3) is 6.08 Å². The van der Waals surface area contributed by atoms with Crippen LogP contribution in [-0.2, 0) is 9.53 Å². The molecule has 1 unspecified atom stereocenters. The van der Waals surface area contributed by atoms with E-state index >= 15 is 0 Å². The Kier molecular flexibility index (Phi) is 8.90. The number of hydrogen-bond acceptors (Lipinski definition) is 5. The Morgan fingerprint density at radius 2 is 1.88 bits per heavy atom. The third-order valence-corrected chi connectivity index (χ3v) is 4.90. The molecule has 1 fully saturated rings. The van der Waals surface area contributed by atoms with Gasteiger partial charge in [0.1, 0.15) is 6.61 Å². The lowest BCUT2D eigenvalue weighted by Gasteiger charge is -2.12. The molecule has 1 atom stereocenters. The summed E-state index contributed by atoms with van der Waals surface area (Å²) >= 11 is 0. The molecule has 3 amide bonds. The number of anilines is 2. The SMILES string of the molecule is C=CCOc1ccc(/C=C/C(=O)Nc2ccc(NC(=O)NCC3CCCO3)cc2)cc1OC. The molecule has 0 bridgehead atoms. The van der Waals surface area contributed by atoms with Gasteiger partial charge in [-0.15, -0.1) is 0 Å². The third-order valence-electron chi connectivity index (χ3n) is 4.90. The Balaban J connectivity index is 1.48. The molecule has 8 nitrogen and oxygen atoms in total. The summed E-state index contributed by atoms with van der Waals surface area (Å²) in [5.41, 5.74) is 2.03. The molecule has 0 spiro atoms. The molecule has 0 saturated carbocycles. The van der Waals surface area contributed by atoms with Crippen molar-refractivity contribution in [3.63, 3.8) is 0 Å². The van der Waals surface area contributed by atoms with Gasteiger partial charge in [-0.2, -0.15) is 0 Å². The number of methoxy groups -OCH3 is 1. The third kappa shape index (κ3) is 7.69. The molecular weight excluding hydrogens is 422 g/mol. The van der Waals surface area contributed by atoms with Crippen molar-refractivity contribution in [2.45, 2.75) is 18.9 Å². The second-order valence-electron chi connectivity index (χ2n) is 7.38. The number of nitrogens with one attached hydrogen (secondary N) is 3. The molecule has 1 saturated heterocycles. The van der Waals surface area contributed by atoms with E-state index in [9.17, 15) is 9.59 Å². The molecule has 0 aliphatic carbocycles. The molecule has 1 heterocycles. The molecule has 0 aromatic heterocycles. The molecule has 2 aromatic rings. The van der Waals surface area contributed by atoms with E-state index in [1.165, 1.54) is 6.08 Å². The standard InChI is InChI=1S/C25H29N3O5/c1-3-14-33-22-12-6-18(16-23(22)31-2)7-13-24(29)27-19-8-10-20(11-9-19)28-25(30)26-17-21-5-4-15-32-21/h3,6-13,16,21H,1,4-5,14-15,17H2,2H3,(H,27,29)(H2,26,28,30)/b13-7+. The summed E-state index contributed by atoms with van der Waals surface area (Å²) in [5.74, 6) is 0.895. The lowest BCUT2D eigenvalue weighted by atomic mass is 10.2. The van der Waals surface area contributed by atoms with Gasteiger partial charge in [-0.3, -0.25) is 4.79 Å². The first kappa shape index (κ1) is 23.9. The number of carbonyl (C=O) groups is 2. The second-order valence-corrected chi connectivity index (χ2v) is 7.38. The summed E-state index contributed by atoms with van der Waals surface area (Å²) < 4.78 is 16.3. The zero-order chi connectivity index (χ0) is 23.5. The number of benzene rings is 2. The maximum Gasteiger partial charge on any atom is 0.319 e. The first-order valence-electron chi connectivity index (χ1n) is 10.7. The van der Waals surface area contributed by atoms with E-state index in [0.717, 1.165) is 25.0 Å². The van der Waals surface area contributed by atoms with Crippen molar-refractivity contribution < 1.29 is 23.8 Å². The van der Waals surface area contributed by atoms with E-state index < -0.39 is 0 Å². The Morgan fingerprint density at radius 3 is 2.55 bits per heavy atom. The van der Waals surface area contributed by atoms with Crippen LogP contribution in [0.5, 0.6) is 11.5 Å². The fourth-order valence-electron chi connectivity index (χ4n) is 3.24. The normalized spacial score (nSPS) is 15.1. The first-order chi connectivity index (χ1) is 16.1. The Bertz CT molecular complexity index is 982. The smallest absolute Gasteiger partial charge is 0.319 e. The monoisotopic (exact) mass is 451 g/mol. The van der Waals surface area contributed by atoms with Crippen molar-refractivity contribution in [2.24, 2.45) is 0 Å². The highest BCUT2D eigenvalue weighted by Gasteiger charge is 2.16. The van der Waals surface area contributed by atoms with Crippen LogP contribution in [0.3, 0.4) is 0 Å². The summed E-state index contributed by atoms with van der Waals surface area (Å²) in [6.07, 6.45) is 6.86. The van der Waals surface area contributed by atoms with Crippen LogP contribution in [0.4, 0.5) is 16.2 Å². The molecule has 33 heavy (non-hydrogen) atoms. The minimum absolute atomic E-state index is 0.0889. The van der Waals surface area contributed by atoms with Crippen LogP contribution >= 0.6 is 0 Å².